The molecule has 1 unspecified atom stereocenters. The summed E-state index contributed by atoms with van der Waals surface area (Å²) in [5.74, 6) is 1.69. The van der Waals surface area contributed by atoms with Crippen molar-refractivity contribution in [1.29, 1.82) is 0 Å². The highest BCUT2D eigenvalue weighted by Gasteiger charge is 2.24. The van der Waals surface area contributed by atoms with Gasteiger partial charge in [0.1, 0.15) is 24.7 Å². The maximum Gasteiger partial charge on any atom is 0.242 e. The molecule has 0 radical (unpaired) electrons. The molecule has 6 nitrogen and oxygen atoms in total. The number of imidazole rings is 1. The number of rotatable bonds is 6. The van der Waals surface area contributed by atoms with Gasteiger partial charge in [-0.2, -0.15) is 0 Å². The lowest BCUT2D eigenvalue weighted by Crippen LogP contribution is -2.48. The molecule has 4 rings (SSSR count). The Hall–Kier alpha value is -2.28. The number of likely N-dealkylation sites (N-methyl/N-ethyl adjacent to an activating group) is 1. The van der Waals surface area contributed by atoms with Crippen molar-refractivity contribution < 1.29 is 9.53 Å². The summed E-state index contributed by atoms with van der Waals surface area (Å²) in [6.45, 7) is 2.19. The minimum Gasteiger partial charge on any atom is -0.486 e. The minimum atomic E-state index is 0. The predicted octanol–water partition coefficient (Wildman–Crippen LogP) is 3.67. The van der Waals surface area contributed by atoms with Crippen LogP contribution in [0.3, 0.4) is 0 Å². The number of halogens is 2. The lowest BCUT2D eigenvalue weighted by Gasteiger charge is -2.32. The second-order valence-electron chi connectivity index (χ2n) is 7.17. The van der Waals surface area contributed by atoms with E-state index in [1.54, 1.807) is 0 Å². The molecule has 8 heteroatoms. The highest BCUT2D eigenvalue weighted by molar-refractivity contribution is 5.85. The van der Waals surface area contributed by atoms with E-state index in [0.29, 0.717) is 12.6 Å². The minimum absolute atomic E-state index is 0. The number of likely N-dealkylation sites (tertiary alicyclic amines) is 1. The Morgan fingerprint density at radius 2 is 1.87 bits per heavy atom. The summed E-state index contributed by atoms with van der Waals surface area (Å²) >= 11 is 0. The van der Waals surface area contributed by atoms with Crippen molar-refractivity contribution in [2.24, 2.45) is 0 Å². The third-order valence-corrected chi connectivity index (χ3v) is 5.32. The first-order valence-corrected chi connectivity index (χ1v) is 9.81. The Morgan fingerprint density at radius 3 is 2.63 bits per heavy atom. The van der Waals surface area contributed by atoms with Crippen LogP contribution >= 0.6 is 24.8 Å². The molecule has 0 bridgehead atoms. The van der Waals surface area contributed by atoms with Crippen LogP contribution in [0.15, 0.2) is 54.6 Å². The van der Waals surface area contributed by atoms with Gasteiger partial charge in [0, 0.05) is 19.1 Å². The molecule has 30 heavy (non-hydrogen) atoms. The summed E-state index contributed by atoms with van der Waals surface area (Å²) in [6.07, 6.45) is 2.15. The first-order chi connectivity index (χ1) is 13.7. The van der Waals surface area contributed by atoms with Crippen LogP contribution in [0.2, 0.25) is 0 Å². The number of fused-ring (bicyclic) bond motifs is 1. The van der Waals surface area contributed by atoms with E-state index in [9.17, 15) is 4.79 Å². The van der Waals surface area contributed by atoms with Crippen molar-refractivity contribution in [3.8, 4) is 5.75 Å². The molecule has 162 valence electrons. The zero-order valence-electron chi connectivity index (χ0n) is 17.0. The largest absolute Gasteiger partial charge is 0.486 e. The van der Waals surface area contributed by atoms with Gasteiger partial charge in [0.15, 0.2) is 0 Å². The molecule has 1 aliphatic heterocycles. The number of hydrogen-bond donors (Lipinski definition) is 1. The van der Waals surface area contributed by atoms with E-state index in [2.05, 4.69) is 5.32 Å². The third-order valence-electron chi connectivity index (χ3n) is 5.32. The Bertz CT molecular complexity index is 949. The molecule has 1 aromatic heterocycles. The number of aromatic nitrogens is 2. The quantitative estimate of drug-likeness (QED) is 0.622. The number of nitrogens with one attached hydrogen (secondary N) is 1. The summed E-state index contributed by atoms with van der Waals surface area (Å²) < 4.78 is 7.90. The summed E-state index contributed by atoms with van der Waals surface area (Å²) in [5, 5.41) is 3.29. The molecular weight excluding hydrogens is 423 g/mol. The number of amides is 1. The Balaban J connectivity index is 0.00000160. The highest BCUT2D eigenvalue weighted by atomic mass is 35.5. The van der Waals surface area contributed by atoms with E-state index >= 15 is 0 Å². The van der Waals surface area contributed by atoms with Gasteiger partial charge in [-0.1, -0.05) is 30.3 Å². The topological polar surface area (TPSA) is 59.4 Å². The molecule has 1 saturated heterocycles. The zero-order valence-corrected chi connectivity index (χ0v) is 18.6. The zero-order chi connectivity index (χ0) is 19.3. The van der Waals surface area contributed by atoms with Crippen molar-refractivity contribution >= 4 is 41.8 Å². The number of nitrogens with zero attached hydrogens (tertiary/aromatic N) is 3. The third kappa shape index (κ3) is 5.45. The van der Waals surface area contributed by atoms with Gasteiger partial charge in [-0.3, -0.25) is 4.79 Å². The van der Waals surface area contributed by atoms with Crippen molar-refractivity contribution in [3.63, 3.8) is 0 Å². The molecule has 1 N–H and O–H groups in total. The molecule has 1 aliphatic rings. The number of piperidine rings is 1. The van der Waals surface area contributed by atoms with Crippen LogP contribution in [0, 0.1) is 0 Å². The number of hydrogen-bond acceptors (Lipinski definition) is 4. The molecule has 0 spiro atoms. The standard InChI is InChI=1S/C22H26N4O2.2ClH/c1-23-17-8-7-13-25(14-17)22(27)15-26-20-12-6-5-11-19(20)24-21(26)16-28-18-9-3-2-4-10-18;;/h2-6,9-12,17,23H,7-8,13-16H2,1H3;2*1H. The molecule has 0 saturated carbocycles. The lowest BCUT2D eigenvalue weighted by atomic mass is 10.1. The molecule has 2 heterocycles. The fourth-order valence-electron chi connectivity index (χ4n) is 3.75. The van der Waals surface area contributed by atoms with Crippen molar-refractivity contribution in [3.05, 3.63) is 60.4 Å². The maximum absolute atomic E-state index is 13.0. The SMILES string of the molecule is CNC1CCCN(C(=O)Cn2c(COc3ccccc3)nc3ccccc32)C1.Cl.Cl. The van der Waals surface area contributed by atoms with Gasteiger partial charge in [-0.25, -0.2) is 4.98 Å². The molecular formula is C22H28Cl2N4O2. The number of ether oxygens (including phenoxy) is 1. The Morgan fingerprint density at radius 1 is 1.13 bits per heavy atom. The molecule has 0 aliphatic carbocycles. The van der Waals surface area contributed by atoms with Crippen molar-refractivity contribution in [2.75, 3.05) is 20.1 Å². The number of carbonyl (C=O) groups excluding carboxylic acids is 1. The smallest absolute Gasteiger partial charge is 0.242 e. The average molecular weight is 451 g/mol. The van der Waals surface area contributed by atoms with Crippen LogP contribution in [0.25, 0.3) is 11.0 Å². The van der Waals surface area contributed by atoms with Crippen LogP contribution in [-0.2, 0) is 17.9 Å². The monoisotopic (exact) mass is 450 g/mol. The van der Waals surface area contributed by atoms with E-state index in [4.69, 9.17) is 9.72 Å². The van der Waals surface area contributed by atoms with Gasteiger partial charge in [0.05, 0.1) is 11.0 Å². The summed E-state index contributed by atoms with van der Waals surface area (Å²) in [7, 11) is 1.96. The van der Waals surface area contributed by atoms with Crippen LogP contribution in [0.4, 0.5) is 0 Å². The summed E-state index contributed by atoms with van der Waals surface area (Å²) in [5.41, 5.74) is 1.85. The second kappa shape index (κ2) is 11.2. The molecule has 1 amide bonds. The van der Waals surface area contributed by atoms with Gasteiger partial charge in [-0.05, 0) is 44.2 Å². The van der Waals surface area contributed by atoms with Crippen molar-refractivity contribution in [2.45, 2.75) is 32.0 Å². The van der Waals surface area contributed by atoms with Crippen LogP contribution in [0.1, 0.15) is 18.7 Å². The average Bonchev–Trinajstić information content (AvgIpc) is 3.10. The van der Waals surface area contributed by atoms with Gasteiger partial charge in [0.2, 0.25) is 5.91 Å². The molecule has 1 fully saturated rings. The fraction of sp³-hybridized carbons (Fsp3) is 0.364. The number of para-hydroxylation sites is 3. The van der Waals surface area contributed by atoms with E-state index in [1.165, 1.54) is 0 Å². The van der Waals surface area contributed by atoms with E-state index in [-0.39, 0.29) is 37.3 Å². The van der Waals surface area contributed by atoms with Gasteiger partial charge in [-0.15, -0.1) is 24.8 Å². The van der Waals surface area contributed by atoms with Crippen LogP contribution in [-0.4, -0.2) is 46.5 Å². The summed E-state index contributed by atoms with van der Waals surface area (Å²) in [6, 6.07) is 18.0. The van der Waals surface area contributed by atoms with Crippen LogP contribution < -0.4 is 10.1 Å². The highest BCUT2D eigenvalue weighted by Crippen LogP contribution is 2.19. The van der Waals surface area contributed by atoms with E-state index in [0.717, 1.165) is 48.5 Å². The van der Waals surface area contributed by atoms with E-state index < -0.39 is 0 Å². The lowest BCUT2D eigenvalue weighted by molar-refractivity contribution is -0.133. The second-order valence-corrected chi connectivity index (χ2v) is 7.17. The molecule has 1 atom stereocenters. The van der Waals surface area contributed by atoms with E-state index in [1.807, 2.05) is 71.1 Å². The molecule has 3 aromatic rings. The maximum atomic E-state index is 13.0. The summed E-state index contributed by atoms with van der Waals surface area (Å²) in [4.78, 5) is 19.7. The van der Waals surface area contributed by atoms with Gasteiger partial charge < -0.3 is 19.5 Å². The fourth-order valence-corrected chi connectivity index (χ4v) is 3.75. The molecule has 2 aromatic carbocycles. The van der Waals surface area contributed by atoms with Crippen LogP contribution in [0.5, 0.6) is 5.75 Å². The Labute approximate surface area is 189 Å². The Kier molecular flexibility index (Phi) is 8.96. The first-order valence-electron chi connectivity index (χ1n) is 9.81. The van der Waals surface area contributed by atoms with Gasteiger partial charge in [0.25, 0.3) is 0 Å². The number of carbonyl (C=O) groups is 1. The predicted molar refractivity (Wildman–Crippen MR) is 124 cm³/mol. The first kappa shape index (κ1) is 24.0. The number of benzene rings is 2. The normalized spacial score (nSPS) is 15.9. The van der Waals surface area contributed by atoms with Gasteiger partial charge >= 0.3 is 0 Å². The van der Waals surface area contributed by atoms with Crippen molar-refractivity contribution in [1.82, 2.24) is 19.8 Å².